The molecule has 0 saturated carbocycles. The van der Waals surface area contributed by atoms with Crippen LogP contribution >= 0.6 is 11.6 Å². The lowest BCUT2D eigenvalue weighted by molar-refractivity contribution is -0.130. The van der Waals surface area contributed by atoms with E-state index in [9.17, 15) is 4.79 Å². The molecule has 116 valence electrons. The van der Waals surface area contributed by atoms with Gasteiger partial charge in [0.2, 0.25) is 5.91 Å². The van der Waals surface area contributed by atoms with Gasteiger partial charge in [0.1, 0.15) is 5.82 Å². The van der Waals surface area contributed by atoms with Crippen molar-refractivity contribution in [3.8, 4) is 0 Å². The molecule has 1 aliphatic rings. The maximum absolute atomic E-state index is 12.3. The molecule has 0 unspecified atom stereocenters. The lowest BCUT2D eigenvalue weighted by atomic mass is 9.98. The van der Waals surface area contributed by atoms with Crippen LogP contribution in [0.5, 0.6) is 0 Å². The number of nitrogens with zero attached hydrogens (tertiary/aromatic N) is 5. The molecule has 1 amide bonds. The van der Waals surface area contributed by atoms with E-state index in [0.29, 0.717) is 18.9 Å². The first-order valence-electron chi connectivity index (χ1n) is 7.40. The van der Waals surface area contributed by atoms with Crippen LogP contribution in [0.2, 0.25) is 5.02 Å². The van der Waals surface area contributed by atoms with E-state index >= 15 is 0 Å². The van der Waals surface area contributed by atoms with Gasteiger partial charge in [-0.2, -0.15) is 0 Å². The second-order valence-electron chi connectivity index (χ2n) is 5.55. The zero-order chi connectivity index (χ0) is 15.5. The summed E-state index contributed by atoms with van der Waals surface area (Å²) in [6.07, 6.45) is 1.38. The summed E-state index contributed by atoms with van der Waals surface area (Å²) >= 11 is 6.25. The van der Waals surface area contributed by atoms with Crippen molar-refractivity contribution in [1.29, 1.82) is 0 Å². The Morgan fingerprint density at radius 3 is 2.95 bits per heavy atom. The van der Waals surface area contributed by atoms with Crippen LogP contribution in [0.4, 0.5) is 0 Å². The van der Waals surface area contributed by atoms with Crippen molar-refractivity contribution in [3.05, 3.63) is 40.7 Å². The molecule has 6 nitrogen and oxygen atoms in total. The second-order valence-corrected chi connectivity index (χ2v) is 5.95. The van der Waals surface area contributed by atoms with E-state index in [-0.39, 0.29) is 5.91 Å². The second kappa shape index (κ2) is 6.44. The molecule has 1 saturated heterocycles. The van der Waals surface area contributed by atoms with E-state index in [2.05, 4.69) is 15.5 Å². The molecule has 1 atom stereocenters. The fraction of sp³-hybridized carbons (Fsp3) is 0.467. The highest BCUT2D eigenvalue weighted by atomic mass is 35.5. The highest BCUT2D eigenvalue weighted by Gasteiger charge is 2.28. The summed E-state index contributed by atoms with van der Waals surface area (Å²) in [7, 11) is 0. The van der Waals surface area contributed by atoms with E-state index in [4.69, 9.17) is 11.6 Å². The summed E-state index contributed by atoms with van der Waals surface area (Å²) in [4.78, 5) is 14.2. The first-order valence-corrected chi connectivity index (χ1v) is 7.78. The highest BCUT2D eigenvalue weighted by Crippen LogP contribution is 2.32. The van der Waals surface area contributed by atoms with Crippen molar-refractivity contribution >= 4 is 17.5 Å². The van der Waals surface area contributed by atoms with Gasteiger partial charge in [0.05, 0.1) is 6.54 Å². The van der Waals surface area contributed by atoms with E-state index < -0.39 is 0 Å². The zero-order valence-corrected chi connectivity index (χ0v) is 13.2. The van der Waals surface area contributed by atoms with Gasteiger partial charge in [-0.3, -0.25) is 4.79 Å². The third-order valence-electron chi connectivity index (χ3n) is 4.13. The number of hydrogen-bond acceptors (Lipinski definition) is 4. The van der Waals surface area contributed by atoms with Crippen molar-refractivity contribution in [2.24, 2.45) is 0 Å². The molecule has 1 fully saturated rings. The number of benzene rings is 1. The van der Waals surface area contributed by atoms with Crippen molar-refractivity contribution in [2.75, 3.05) is 13.1 Å². The van der Waals surface area contributed by atoms with Gasteiger partial charge in [-0.05, 0) is 35.4 Å². The molecule has 7 heteroatoms. The predicted molar refractivity (Wildman–Crippen MR) is 82.6 cm³/mol. The fourth-order valence-electron chi connectivity index (χ4n) is 2.86. The molecule has 1 aromatic carbocycles. The van der Waals surface area contributed by atoms with Crippen molar-refractivity contribution in [2.45, 2.75) is 32.2 Å². The number of carbonyl (C=O) groups excluding carboxylic acids is 1. The smallest absolute Gasteiger partial charge is 0.224 e. The van der Waals surface area contributed by atoms with Crippen LogP contribution in [-0.4, -0.2) is 44.1 Å². The topological polar surface area (TPSA) is 63.9 Å². The number of aromatic nitrogens is 4. The standard InChI is InChI=1S/C15H18ClN5O/c1-11-17-18-19-21(11)9-7-15(22)20-8-6-12(10-20)13-4-2-3-5-14(13)16/h2-5,12H,6-10H2,1H3/t12-/m0/s1. The zero-order valence-electron chi connectivity index (χ0n) is 12.4. The minimum absolute atomic E-state index is 0.143. The summed E-state index contributed by atoms with van der Waals surface area (Å²) in [6, 6.07) is 7.87. The molecular weight excluding hydrogens is 302 g/mol. The van der Waals surface area contributed by atoms with Gasteiger partial charge in [0, 0.05) is 30.5 Å². The van der Waals surface area contributed by atoms with Crippen molar-refractivity contribution in [1.82, 2.24) is 25.1 Å². The first-order chi connectivity index (χ1) is 10.6. The molecule has 1 aromatic heterocycles. The molecule has 1 aliphatic heterocycles. The van der Waals surface area contributed by atoms with Crippen LogP contribution in [0, 0.1) is 6.92 Å². The number of rotatable bonds is 4. The molecule has 0 aliphatic carbocycles. The number of tetrazole rings is 1. The van der Waals surface area contributed by atoms with Gasteiger partial charge in [-0.15, -0.1) is 5.10 Å². The number of halogens is 1. The Balaban J connectivity index is 1.57. The molecule has 22 heavy (non-hydrogen) atoms. The average molecular weight is 320 g/mol. The Morgan fingerprint density at radius 2 is 2.23 bits per heavy atom. The molecule has 2 aromatic rings. The summed E-state index contributed by atoms with van der Waals surface area (Å²) in [5.41, 5.74) is 1.13. The number of amides is 1. The van der Waals surface area contributed by atoms with Gasteiger partial charge in [0.15, 0.2) is 0 Å². The van der Waals surface area contributed by atoms with Gasteiger partial charge in [0.25, 0.3) is 0 Å². The lowest BCUT2D eigenvalue weighted by Gasteiger charge is -2.17. The fourth-order valence-corrected chi connectivity index (χ4v) is 3.15. The number of carbonyl (C=O) groups is 1. The summed E-state index contributed by atoms with van der Waals surface area (Å²) in [5.74, 6) is 1.19. The van der Waals surface area contributed by atoms with Crippen molar-refractivity contribution < 1.29 is 4.79 Å². The van der Waals surface area contributed by atoms with Gasteiger partial charge < -0.3 is 4.90 Å². The molecule has 0 N–H and O–H groups in total. The van der Waals surface area contributed by atoms with Crippen molar-refractivity contribution in [3.63, 3.8) is 0 Å². The van der Waals surface area contributed by atoms with Crippen LogP contribution in [0.1, 0.15) is 30.1 Å². The van der Waals surface area contributed by atoms with Gasteiger partial charge in [-0.1, -0.05) is 29.8 Å². The number of hydrogen-bond donors (Lipinski definition) is 0. The van der Waals surface area contributed by atoms with E-state index in [1.807, 2.05) is 36.1 Å². The van der Waals surface area contributed by atoms with E-state index in [1.54, 1.807) is 4.68 Å². The Hall–Kier alpha value is -1.95. The molecule has 0 bridgehead atoms. The Morgan fingerprint density at radius 1 is 1.41 bits per heavy atom. The van der Waals surface area contributed by atoms with E-state index in [1.165, 1.54) is 0 Å². The normalized spacial score (nSPS) is 17.9. The quantitative estimate of drug-likeness (QED) is 0.865. The Kier molecular flexibility index (Phi) is 4.38. The predicted octanol–water partition coefficient (Wildman–Crippen LogP) is 2.04. The summed E-state index contributed by atoms with van der Waals surface area (Å²) < 4.78 is 1.65. The molecule has 3 rings (SSSR count). The third kappa shape index (κ3) is 3.11. The highest BCUT2D eigenvalue weighted by molar-refractivity contribution is 6.31. The number of likely N-dealkylation sites (tertiary alicyclic amines) is 1. The van der Waals surface area contributed by atoms with Crippen LogP contribution in [0.15, 0.2) is 24.3 Å². The maximum atomic E-state index is 12.3. The van der Waals surface area contributed by atoms with Crippen LogP contribution < -0.4 is 0 Å². The maximum Gasteiger partial charge on any atom is 0.224 e. The third-order valence-corrected chi connectivity index (χ3v) is 4.48. The molecule has 0 radical (unpaired) electrons. The van der Waals surface area contributed by atoms with Gasteiger partial charge >= 0.3 is 0 Å². The SMILES string of the molecule is Cc1nnnn1CCC(=O)N1CC[C@H](c2ccccc2Cl)C1. The minimum atomic E-state index is 0.143. The number of aryl methyl sites for hydroxylation is 2. The first kappa shape index (κ1) is 15.0. The van der Waals surface area contributed by atoms with Crippen LogP contribution in [0.3, 0.4) is 0 Å². The lowest BCUT2D eigenvalue weighted by Crippen LogP contribution is -2.29. The van der Waals surface area contributed by atoms with Crippen LogP contribution in [0.25, 0.3) is 0 Å². The molecular formula is C15H18ClN5O. The van der Waals surface area contributed by atoms with Gasteiger partial charge in [-0.25, -0.2) is 4.68 Å². The monoisotopic (exact) mass is 319 g/mol. The molecule has 0 spiro atoms. The molecule has 2 heterocycles. The summed E-state index contributed by atoms with van der Waals surface area (Å²) in [5, 5.41) is 12.0. The van der Waals surface area contributed by atoms with Crippen LogP contribution in [-0.2, 0) is 11.3 Å². The summed E-state index contributed by atoms with van der Waals surface area (Å²) in [6.45, 7) is 3.86. The minimum Gasteiger partial charge on any atom is -0.342 e. The average Bonchev–Trinajstić information content (AvgIpc) is 3.14. The largest absolute Gasteiger partial charge is 0.342 e. The Bertz CT molecular complexity index is 671. The Labute approximate surface area is 134 Å². The van der Waals surface area contributed by atoms with E-state index in [0.717, 1.165) is 35.9 Å².